The first kappa shape index (κ1) is 20.9. The zero-order valence-electron chi connectivity index (χ0n) is 11.9. The molecule has 0 unspecified atom stereocenters. The quantitative estimate of drug-likeness (QED) is 0.243. The minimum absolute atomic E-state index is 0.0185. The molecule has 0 rings (SSSR count). The van der Waals surface area contributed by atoms with E-state index in [0.717, 1.165) is 0 Å². The van der Waals surface area contributed by atoms with E-state index in [1.165, 1.54) is 0 Å². The fourth-order valence-electron chi connectivity index (χ4n) is 1.01. The van der Waals surface area contributed by atoms with Crippen molar-refractivity contribution in [3.8, 4) is 0 Å². The first-order chi connectivity index (χ1) is 9.58. The van der Waals surface area contributed by atoms with E-state index in [-0.39, 0.29) is 13.2 Å². The van der Waals surface area contributed by atoms with Crippen molar-refractivity contribution in [2.24, 2.45) is 0 Å². The highest BCUT2D eigenvalue weighted by Gasteiger charge is 2.48. The Balaban J connectivity index is 4.70. The second-order valence-electron chi connectivity index (χ2n) is 4.13. The molecule has 0 saturated carbocycles. The predicted octanol–water partition coefficient (Wildman–Crippen LogP) is 3.64. The molecule has 0 N–H and O–H groups in total. The second kappa shape index (κ2) is 9.09. The van der Waals surface area contributed by atoms with Crippen molar-refractivity contribution >= 4 is 17.7 Å². The minimum Gasteiger partial charge on any atom is -0.307 e. The van der Waals surface area contributed by atoms with Crippen LogP contribution in [0.1, 0.15) is 39.5 Å². The highest BCUT2D eigenvalue weighted by atomic mass is 32.2. The number of unbranched alkanes of at least 4 members (excludes halogenated alkanes) is 2. The number of alkyl halides is 3. The van der Waals surface area contributed by atoms with E-state index in [1.54, 1.807) is 0 Å². The molecule has 0 aliphatic rings. The summed E-state index contributed by atoms with van der Waals surface area (Å²) in [5.74, 6) is 0. The molecule has 0 atom stereocenters. The molecular weight excluding hydrogens is 336 g/mol. The Kier molecular flexibility index (Phi) is 9.03. The van der Waals surface area contributed by atoms with Gasteiger partial charge in [0.2, 0.25) is 0 Å². The van der Waals surface area contributed by atoms with Crippen molar-refractivity contribution in [1.29, 1.82) is 0 Å². The first-order valence-electron chi connectivity index (χ1n) is 6.42. The Morgan fingerprint density at radius 1 is 1.00 bits per heavy atom. The summed E-state index contributed by atoms with van der Waals surface area (Å²) < 4.78 is 83.7. The average molecular weight is 356 g/mol. The maximum absolute atomic E-state index is 12.1. The van der Waals surface area contributed by atoms with Crippen LogP contribution in [-0.2, 0) is 27.9 Å². The average Bonchev–Trinajstić information content (AvgIpc) is 2.36. The molecule has 0 amide bonds. The van der Waals surface area contributed by atoms with Gasteiger partial charge < -0.3 is 9.05 Å². The summed E-state index contributed by atoms with van der Waals surface area (Å²) in [4.78, 5) is 0. The van der Waals surface area contributed by atoms with Crippen LogP contribution in [0.3, 0.4) is 0 Å². The lowest BCUT2D eigenvalue weighted by molar-refractivity contribution is -0.0534. The van der Waals surface area contributed by atoms with Crippen LogP contribution in [0.25, 0.3) is 0 Å². The van der Waals surface area contributed by atoms with E-state index in [2.05, 4.69) is 4.18 Å². The second-order valence-corrected chi connectivity index (χ2v) is 7.73. The van der Waals surface area contributed by atoms with Crippen molar-refractivity contribution in [2.75, 3.05) is 19.6 Å². The molecule has 0 radical (unpaired) electrons. The molecule has 0 bridgehead atoms. The van der Waals surface area contributed by atoms with Crippen LogP contribution < -0.4 is 0 Å². The van der Waals surface area contributed by atoms with Crippen LogP contribution >= 0.6 is 7.60 Å². The molecule has 21 heavy (non-hydrogen) atoms. The standard InChI is InChI=1S/C10H20F3O6PS/c1-3-5-7-17-20(14,18-8-6-4-2)9-19-21(15,16)10(11,12)13/h3-9H2,1-2H3. The molecule has 0 heterocycles. The van der Waals surface area contributed by atoms with Gasteiger partial charge in [-0.3, -0.25) is 8.75 Å². The third-order valence-electron chi connectivity index (χ3n) is 2.22. The Morgan fingerprint density at radius 3 is 1.76 bits per heavy atom. The van der Waals surface area contributed by atoms with Crippen LogP contribution in [0, 0.1) is 0 Å². The Hall–Kier alpha value is -0.150. The molecule has 0 aromatic rings. The molecule has 0 saturated heterocycles. The van der Waals surface area contributed by atoms with Gasteiger partial charge in [-0.2, -0.15) is 21.6 Å². The summed E-state index contributed by atoms with van der Waals surface area (Å²) >= 11 is 0. The Bertz CT molecular complexity index is 423. The van der Waals surface area contributed by atoms with Crippen LogP contribution in [0.5, 0.6) is 0 Å². The molecule has 0 aromatic heterocycles. The van der Waals surface area contributed by atoms with E-state index in [9.17, 15) is 26.2 Å². The van der Waals surface area contributed by atoms with Crippen LogP contribution in [0.15, 0.2) is 0 Å². The largest absolute Gasteiger partial charge is 0.523 e. The van der Waals surface area contributed by atoms with Crippen LogP contribution in [-0.4, -0.2) is 33.5 Å². The van der Waals surface area contributed by atoms with E-state index >= 15 is 0 Å². The van der Waals surface area contributed by atoms with Gasteiger partial charge in [-0.05, 0) is 12.8 Å². The summed E-state index contributed by atoms with van der Waals surface area (Å²) in [6.45, 7) is 3.62. The zero-order valence-corrected chi connectivity index (χ0v) is 13.6. The van der Waals surface area contributed by atoms with Gasteiger partial charge >= 0.3 is 23.2 Å². The van der Waals surface area contributed by atoms with Crippen LogP contribution in [0.4, 0.5) is 13.2 Å². The van der Waals surface area contributed by atoms with E-state index in [1.807, 2.05) is 13.8 Å². The summed E-state index contributed by atoms with van der Waals surface area (Å²) in [5.41, 5.74) is -5.58. The van der Waals surface area contributed by atoms with Crippen LogP contribution in [0.2, 0.25) is 0 Å². The first-order valence-corrected chi connectivity index (χ1v) is 9.55. The monoisotopic (exact) mass is 356 g/mol. The number of rotatable bonds is 11. The highest BCUT2D eigenvalue weighted by Crippen LogP contribution is 2.49. The molecule has 0 aliphatic carbocycles. The lowest BCUT2D eigenvalue weighted by Crippen LogP contribution is -2.26. The third-order valence-corrected chi connectivity index (χ3v) is 4.99. The van der Waals surface area contributed by atoms with Crippen molar-refractivity contribution in [2.45, 2.75) is 45.0 Å². The smallest absolute Gasteiger partial charge is 0.307 e. The third kappa shape index (κ3) is 8.15. The van der Waals surface area contributed by atoms with E-state index in [0.29, 0.717) is 25.7 Å². The van der Waals surface area contributed by atoms with Crippen molar-refractivity contribution < 1.29 is 39.4 Å². The fourth-order valence-corrected chi connectivity index (χ4v) is 3.25. The molecule has 0 fully saturated rings. The highest BCUT2D eigenvalue weighted by molar-refractivity contribution is 7.87. The van der Waals surface area contributed by atoms with Crippen molar-refractivity contribution in [3.05, 3.63) is 0 Å². The predicted molar refractivity (Wildman–Crippen MR) is 70.3 cm³/mol. The van der Waals surface area contributed by atoms with Gasteiger partial charge in [0.1, 0.15) is 0 Å². The van der Waals surface area contributed by atoms with Gasteiger partial charge in [-0.25, -0.2) is 0 Å². The zero-order chi connectivity index (χ0) is 16.6. The summed E-state index contributed by atoms with van der Waals surface area (Å²) in [7, 11) is -9.87. The van der Waals surface area contributed by atoms with Crippen molar-refractivity contribution in [3.63, 3.8) is 0 Å². The fraction of sp³-hybridized carbons (Fsp3) is 1.00. The minimum atomic E-state index is -5.82. The topological polar surface area (TPSA) is 78.9 Å². The molecule has 0 aliphatic heterocycles. The van der Waals surface area contributed by atoms with Gasteiger partial charge in [0, 0.05) is 0 Å². The van der Waals surface area contributed by atoms with Gasteiger partial charge in [0.15, 0.2) is 6.35 Å². The normalized spacial score (nSPS) is 13.6. The van der Waals surface area contributed by atoms with Gasteiger partial charge in [-0.1, -0.05) is 26.7 Å². The summed E-state index contributed by atoms with van der Waals surface area (Å²) in [6, 6.07) is 0. The van der Waals surface area contributed by atoms with Gasteiger partial charge in [0.25, 0.3) is 0 Å². The number of hydrogen-bond donors (Lipinski definition) is 0. The number of halogens is 3. The van der Waals surface area contributed by atoms with Crippen molar-refractivity contribution in [1.82, 2.24) is 0 Å². The summed E-state index contributed by atoms with van der Waals surface area (Å²) in [6.07, 6.45) is 1.13. The van der Waals surface area contributed by atoms with E-state index in [4.69, 9.17) is 9.05 Å². The molecule has 0 spiro atoms. The molecule has 128 valence electrons. The SMILES string of the molecule is CCCCOP(=O)(COS(=O)(=O)C(F)(F)F)OCCCC. The molecule has 0 aromatic carbocycles. The van der Waals surface area contributed by atoms with Gasteiger partial charge in [0.05, 0.1) is 13.2 Å². The molecular formula is C10H20F3O6PS. The lowest BCUT2D eigenvalue weighted by atomic mass is 10.4. The Morgan fingerprint density at radius 2 is 1.43 bits per heavy atom. The van der Waals surface area contributed by atoms with E-state index < -0.39 is 29.6 Å². The number of hydrogen-bond acceptors (Lipinski definition) is 6. The molecule has 6 nitrogen and oxygen atoms in total. The lowest BCUT2D eigenvalue weighted by Gasteiger charge is -2.18. The maximum atomic E-state index is 12.1. The maximum Gasteiger partial charge on any atom is 0.523 e. The van der Waals surface area contributed by atoms with Gasteiger partial charge in [-0.15, -0.1) is 0 Å². The molecule has 11 heteroatoms. The Labute approximate surface area is 122 Å². The summed E-state index contributed by atoms with van der Waals surface area (Å²) in [5, 5.41) is 0.